The molecule has 0 N–H and O–H groups in total. The Balaban J connectivity index is 1.53. The van der Waals surface area contributed by atoms with Crippen LogP contribution < -0.4 is 0 Å². The lowest BCUT2D eigenvalue weighted by Crippen LogP contribution is -2.11. The lowest BCUT2D eigenvalue weighted by atomic mass is 10.2. The molecule has 0 fully saturated rings. The van der Waals surface area contributed by atoms with Crippen molar-refractivity contribution < 1.29 is 0 Å². The van der Waals surface area contributed by atoms with Crippen molar-refractivity contribution in [2.24, 2.45) is 0 Å². The number of hydrogen-bond donors (Lipinski definition) is 0. The summed E-state index contributed by atoms with van der Waals surface area (Å²) in [5, 5.41) is 12.7. The maximum Gasteiger partial charge on any atom is 0.204 e. The van der Waals surface area contributed by atoms with Crippen LogP contribution in [0.4, 0.5) is 0 Å². The number of benzene rings is 2. The second kappa shape index (κ2) is 6.45. The standard InChI is InChI=1S/C18H16N6/c1-3-7-15(8-4-1)13-23-12-11-19-17(23)14-24-21-18(20-22-24)16-9-5-2-6-10-16/h1-12H,13-14H2. The smallest absolute Gasteiger partial charge is 0.204 e. The van der Waals surface area contributed by atoms with Gasteiger partial charge in [-0.1, -0.05) is 60.7 Å². The average molecular weight is 316 g/mol. The first-order chi connectivity index (χ1) is 11.9. The van der Waals surface area contributed by atoms with Gasteiger partial charge in [0, 0.05) is 24.5 Å². The van der Waals surface area contributed by atoms with Crippen molar-refractivity contribution in [2.45, 2.75) is 13.1 Å². The van der Waals surface area contributed by atoms with Gasteiger partial charge in [-0.25, -0.2) is 4.98 Å². The van der Waals surface area contributed by atoms with Crippen LogP contribution in [0.1, 0.15) is 11.4 Å². The van der Waals surface area contributed by atoms with Gasteiger partial charge in [0.15, 0.2) is 0 Å². The predicted octanol–water partition coefficient (Wildman–Crippen LogP) is 2.63. The zero-order chi connectivity index (χ0) is 16.2. The second-order valence-electron chi connectivity index (χ2n) is 5.47. The molecule has 24 heavy (non-hydrogen) atoms. The number of rotatable bonds is 5. The van der Waals surface area contributed by atoms with Crippen molar-refractivity contribution in [3.63, 3.8) is 0 Å². The van der Waals surface area contributed by atoms with Crippen LogP contribution in [-0.4, -0.2) is 29.8 Å². The van der Waals surface area contributed by atoms with E-state index in [0.29, 0.717) is 12.4 Å². The third kappa shape index (κ3) is 3.08. The molecule has 2 aromatic carbocycles. The third-order valence-electron chi connectivity index (χ3n) is 3.77. The maximum absolute atomic E-state index is 4.44. The van der Waals surface area contributed by atoms with E-state index in [0.717, 1.165) is 17.9 Å². The monoisotopic (exact) mass is 316 g/mol. The van der Waals surface area contributed by atoms with Crippen LogP contribution in [0.2, 0.25) is 0 Å². The van der Waals surface area contributed by atoms with Crippen LogP contribution in [0.25, 0.3) is 11.4 Å². The summed E-state index contributed by atoms with van der Waals surface area (Å²) in [5.41, 5.74) is 2.18. The number of imidazole rings is 1. The van der Waals surface area contributed by atoms with Crippen LogP contribution in [0.15, 0.2) is 73.1 Å². The molecule has 0 radical (unpaired) electrons. The zero-order valence-electron chi connectivity index (χ0n) is 13.0. The van der Waals surface area contributed by atoms with E-state index < -0.39 is 0 Å². The summed E-state index contributed by atoms with van der Waals surface area (Å²) in [4.78, 5) is 6.00. The first-order valence-corrected chi connectivity index (χ1v) is 7.76. The molecule has 0 saturated carbocycles. The van der Waals surface area contributed by atoms with Gasteiger partial charge in [-0.15, -0.1) is 10.2 Å². The molecular formula is C18H16N6. The van der Waals surface area contributed by atoms with Crippen molar-refractivity contribution in [2.75, 3.05) is 0 Å². The Labute approximate surface area is 139 Å². The SMILES string of the molecule is c1ccc(Cn2ccnc2Cn2nnc(-c3ccccc3)n2)cc1. The topological polar surface area (TPSA) is 61.4 Å². The van der Waals surface area contributed by atoms with E-state index in [2.05, 4.69) is 37.1 Å². The molecule has 0 aliphatic rings. The Kier molecular flexibility index (Phi) is 3.85. The fraction of sp³-hybridized carbons (Fsp3) is 0.111. The van der Waals surface area contributed by atoms with E-state index in [1.165, 1.54) is 5.56 Å². The highest BCUT2D eigenvalue weighted by Gasteiger charge is 2.09. The van der Waals surface area contributed by atoms with E-state index in [1.54, 1.807) is 11.0 Å². The van der Waals surface area contributed by atoms with Crippen molar-refractivity contribution in [1.29, 1.82) is 0 Å². The van der Waals surface area contributed by atoms with Gasteiger partial charge in [0.25, 0.3) is 0 Å². The van der Waals surface area contributed by atoms with Crippen LogP contribution in [0.5, 0.6) is 0 Å². The summed E-state index contributed by atoms with van der Waals surface area (Å²) in [6.07, 6.45) is 3.77. The molecule has 6 nitrogen and oxygen atoms in total. The Bertz CT molecular complexity index is 911. The Morgan fingerprint density at radius 2 is 1.58 bits per heavy atom. The number of nitrogens with zero attached hydrogens (tertiary/aromatic N) is 6. The van der Waals surface area contributed by atoms with Gasteiger partial charge in [0.1, 0.15) is 12.4 Å². The minimum absolute atomic E-state index is 0.486. The van der Waals surface area contributed by atoms with E-state index in [4.69, 9.17) is 0 Å². The third-order valence-corrected chi connectivity index (χ3v) is 3.77. The Morgan fingerprint density at radius 1 is 0.833 bits per heavy atom. The number of tetrazole rings is 1. The van der Waals surface area contributed by atoms with Gasteiger partial charge in [0.05, 0.1) is 0 Å². The molecule has 0 unspecified atom stereocenters. The van der Waals surface area contributed by atoms with Gasteiger partial charge >= 0.3 is 0 Å². The molecule has 6 heteroatoms. The molecule has 0 aliphatic heterocycles. The van der Waals surface area contributed by atoms with Crippen LogP contribution in [-0.2, 0) is 13.1 Å². The van der Waals surface area contributed by atoms with Gasteiger partial charge in [-0.2, -0.15) is 4.80 Å². The maximum atomic E-state index is 4.44. The van der Waals surface area contributed by atoms with Crippen molar-refractivity contribution in [3.8, 4) is 11.4 Å². The highest BCUT2D eigenvalue weighted by Crippen LogP contribution is 2.12. The zero-order valence-corrected chi connectivity index (χ0v) is 13.0. The van der Waals surface area contributed by atoms with Gasteiger partial charge < -0.3 is 4.57 Å². The predicted molar refractivity (Wildman–Crippen MR) is 90.1 cm³/mol. The van der Waals surface area contributed by atoms with E-state index in [1.807, 2.05) is 54.7 Å². The average Bonchev–Trinajstić information content (AvgIpc) is 3.27. The van der Waals surface area contributed by atoms with Crippen LogP contribution >= 0.6 is 0 Å². The summed E-state index contributed by atoms with van der Waals surface area (Å²) < 4.78 is 2.10. The van der Waals surface area contributed by atoms with E-state index in [9.17, 15) is 0 Å². The molecule has 4 rings (SSSR count). The second-order valence-corrected chi connectivity index (χ2v) is 5.47. The van der Waals surface area contributed by atoms with Gasteiger partial charge in [-0.3, -0.25) is 0 Å². The highest BCUT2D eigenvalue weighted by molar-refractivity contribution is 5.52. The molecular weight excluding hydrogens is 300 g/mol. The molecule has 0 aliphatic carbocycles. The Hall–Kier alpha value is -3.28. The van der Waals surface area contributed by atoms with Crippen molar-refractivity contribution >= 4 is 0 Å². The van der Waals surface area contributed by atoms with E-state index in [-0.39, 0.29) is 0 Å². The molecule has 118 valence electrons. The molecule has 2 aromatic heterocycles. The summed E-state index contributed by atoms with van der Waals surface area (Å²) in [6.45, 7) is 1.26. The fourth-order valence-electron chi connectivity index (χ4n) is 2.56. The van der Waals surface area contributed by atoms with Crippen LogP contribution in [0.3, 0.4) is 0 Å². The molecule has 4 aromatic rings. The number of aromatic nitrogens is 6. The van der Waals surface area contributed by atoms with Crippen LogP contribution in [0, 0.1) is 0 Å². The minimum Gasteiger partial charge on any atom is -0.329 e. The summed E-state index contributed by atoms with van der Waals surface area (Å²) in [5.74, 6) is 1.52. The van der Waals surface area contributed by atoms with Crippen molar-refractivity contribution in [3.05, 3.63) is 84.4 Å². The lowest BCUT2D eigenvalue weighted by molar-refractivity contribution is 0.536. The van der Waals surface area contributed by atoms with Gasteiger partial charge in [0.2, 0.25) is 5.82 Å². The Morgan fingerprint density at radius 3 is 2.38 bits per heavy atom. The lowest BCUT2D eigenvalue weighted by Gasteiger charge is -2.07. The minimum atomic E-state index is 0.486. The molecule has 0 spiro atoms. The largest absolute Gasteiger partial charge is 0.329 e. The van der Waals surface area contributed by atoms with Gasteiger partial charge in [-0.05, 0) is 10.8 Å². The van der Waals surface area contributed by atoms with Crippen molar-refractivity contribution in [1.82, 2.24) is 29.8 Å². The first-order valence-electron chi connectivity index (χ1n) is 7.76. The summed E-state index contributed by atoms with van der Waals surface area (Å²) in [7, 11) is 0. The molecule has 0 atom stereocenters. The summed E-state index contributed by atoms with van der Waals surface area (Å²) >= 11 is 0. The molecule has 0 bridgehead atoms. The summed E-state index contributed by atoms with van der Waals surface area (Å²) in [6, 6.07) is 20.1. The van der Waals surface area contributed by atoms with E-state index >= 15 is 0 Å². The highest BCUT2D eigenvalue weighted by atomic mass is 15.6. The quantitative estimate of drug-likeness (QED) is 0.568. The first kappa shape index (κ1) is 14.3. The molecule has 2 heterocycles. The molecule has 0 saturated heterocycles. The number of hydrogen-bond acceptors (Lipinski definition) is 4. The normalized spacial score (nSPS) is 10.8. The fourth-order valence-corrected chi connectivity index (χ4v) is 2.56. The molecule has 0 amide bonds.